The van der Waals surface area contributed by atoms with Crippen LogP contribution in [0, 0.1) is 17.8 Å². The van der Waals surface area contributed by atoms with Crippen molar-refractivity contribution >= 4 is 11.8 Å². The zero-order valence-electron chi connectivity index (χ0n) is 12.0. The number of nitrogens with zero attached hydrogens (tertiary/aromatic N) is 3. The van der Waals surface area contributed by atoms with Gasteiger partial charge in [-0.2, -0.15) is 5.10 Å². The van der Waals surface area contributed by atoms with Gasteiger partial charge in [-0.15, -0.1) is 0 Å². The molecule has 2 unspecified atom stereocenters. The summed E-state index contributed by atoms with van der Waals surface area (Å²) < 4.78 is 0. The Morgan fingerprint density at radius 3 is 2.90 bits per heavy atom. The summed E-state index contributed by atoms with van der Waals surface area (Å²) in [6.45, 7) is 3.05. The van der Waals surface area contributed by atoms with Gasteiger partial charge in [0.05, 0.1) is 5.92 Å². The maximum Gasteiger partial charge on any atom is 0.271 e. The number of likely N-dealkylation sites (tertiary alicyclic amines) is 2. The lowest BCUT2D eigenvalue weighted by molar-refractivity contribution is -0.139. The van der Waals surface area contributed by atoms with Crippen molar-refractivity contribution in [1.29, 1.82) is 0 Å². The molecule has 1 aliphatic carbocycles. The molecule has 6 heteroatoms. The first-order chi connectivity index (χ1) is 10.2. The summed E-state index contributed by atoms with van der Waals surface area (Å²) in [5, 5.41) is 6.54. The Bertz CT molecular complexity index is 552. The number of fused-ring (bicyclic) bond motifs is 1. The van der Waals surface area contributed by atoms with Crippen LogP contribution < -0.4 is 0 Å². The highest BCUT2D eigenvalue weighted by Gasteiger charge is 2.45. The summed E-state index contributed by atoms with van der Waals surface area (Å²) in [6.07, 6.45) is 5.14. The Balaban J connectivity index is 1.44. The number of rotatable bonds is 3. The highest BCUT2D eigenvalue weighted by Crippen LogP contribution is 2.36. The van der Waals surface area contributed by atoms with Crippen LogP contribution >= 0.6 is 0 Å². The first-order valence-electron chi connectivity index (χ1n) is 7.80. The van der Waals surface area contributed by atoms with Gasteiger partial charge in [0.15, 0.2) is 0 Å². The standard InChI is InChI=1S/C15H20N4O2/c20-14-12-9-19(15(21)13-3-5-16-17-13)8-11(12)4-6-18(14)7-10-1-2-10/h3,5,10-12H,1-2,4,6-9H2,(H,16,17). The van der Waals surface area contributed by atoms with Gasteiger partial charge in [0.1, 0.15) is 5.69 Å². The third-order valence-electron chi connectivity index (χ3n) is 5.03. The van der Waals surface area contributed by atoms with Gasteiger partial charge in [-0.25, -0.2) is 0 Å². The van der Waals surface area contributed by atoms with Crippen molar-refractivity contribution in [1.82, 2.24) is 20.0 Å². The van der Waals surface area contributed by atoms with E-state index in [1.54, 1.807) is 17.2 Å². The number of carbonyl (C=O) groups is 2. The molecule has 1 N–H and O–H groups in total. The summed E-state index contributed by atoms with van der Waals surface area (Å²) in [5.41, 5.74) is 0.510. The van der Waals surface area contributed by atoms with E-state index in [1.807, 2.05) is 4.90 Å². The molecule has 0 aromatic carbocycles. The second kappa shape index (κ2) is 4.86. The van der Waals surface area contributed by atoms with E-state index in [1.165, 1.54) is 12.8 Å². The lowest BCUT2D eigenvalue weighted by Gasteiger charge is -2.33. The molecule has 1 aromatic rings. The van der Waals surface area contributed by atoms with Crippen molar-refractivity contribution in [3.63, 3.8) is 0 Å². The van der Waals surface area contributed by atoms with Crippen molar-refractivity contribution in [3.8, 4) is 0 Å². The molecule has 3 fully saturated rings. The Morgan fingerprint density at radius 2 is 2.19 bits per heavy atom. The van der Waals surface area contributed by atoms with Gasteiger partial charge in [-0.3, -0.25) is 14.7 Å². The third-order valence-corrected chi connectivity index (χ3v) is 5.03. The van der Waals surface area contributed by atoms with Gasteiger partial charge in [-0.05, 0) is 37.2 Å². The SMILES string of the molecule is O=C(c1ccn[nH]1)N1CC2CCN(CC3CC3)C(=O)C2C1. The second-order valence-corrected chi connectivity index (χ2v) is 6.56. The van der Waals surface area contributed by atoms with Gasteiger partial charge in [0, 0.05) is 32.4 Å². The van der Waals surface area contributed by atoms with E-state index < -0.39 is 0 Å². The molecule has 1 aromatic heterocycles. The van der Waals surface area contributed by atoms with Crippen LogP contribution in [0.4, 0.5) is 0 Å². The summed E-state index contributed by atoms with van der Waals surface area (Å²) in [7, 11) is 0. The predicted molar refractivity (Wildman–Crippen MR) is 75.4 cm³/mol. The minimum atomic E-state index is -0.0385. The lowest BCUT2D eigenvalue weighted by Crippen LogP contribution is -2.46. The van der Waals surface area contributed by atoms with Crippen molar-refractivity contribution in [2.45, 2.75) is 19.3 Å². The Hall–Kier alpha value is -1.85. The van der Waals surface area contributed by atoms with Crippen molar-refractivity contribution < 1.29 is 9.59 Å². The number of aromatic amines is 1. The van der Waals surface area contributed by atoms with Crippen LogP contribution in [0.25, 0.3) is 0 Å². The van der Waals surface area contributed by atoms with Crippen molar-refractivity contribution in [2.75, 3.05) is 26.2 Å². The Morgan fingerprint density at radius 1 is 1.33 bits per heavy atom. The van der Waals surface area contributed by atoms with E-state index >= 15 is 0 Å². The Labute approximate surface area is 123 Å². The topological polar surface area (TPSA) is 69.3 Å². The normalized spacial score (nSPS) is 28.9. The van der Waals surface area contributed by atoms with Gasteiger partial charge >= 0.3 is 0 Å². The van der Waals surface area contributed by atoms with Crippen LogP contribution in [0.1, 0.15) is 29.8 Å². The van der Waals surface area contributed by atoms with Crippen LogP contribution in [0.5, 0.6) is 0 Å². The van der Waals surface area contributed by atoms with E-state index in [0.717, 1.165) is 25.4 Å². The number of hydrogen-bond acceptors (Lipinski definition) is 3. The quantitative estimate of drug-likeness (QED) is 0.892. The molecular weight excluding hydrogens is 268 g/mol. The first kappa shape index (κ1) is 12.9. The predicted octanol–water partition coefficient (Wildman–Crippen LogP) is 0.740. The molecule has 3 heterocycles. The van der Waals surface area contributed by atoms with E-state index in [4.69, 9.17) is 0 Å². The number of amides is 2. The maximum absolute atomic E-state index is 12.6. The smallest absolute Gasteiger partial charge is 0.271 e. The average Bonchev–Trinajstić information content (AvgIpc) is 2.99. The monoisotopic (exact) mass is 288 g/mol. The largest absolute Gasteiger partial charge is 0.342 e. The van der Waals surface area contributed by atoms with E-state index in [-0.39, 0.29) is 17.7 Å². The summed E-state index contributed by atoms with van der Waals surface area (Å²) in [5.74, 6) is 1.29. The van der Waals surface area contributed by atoms with Gasteiger partial charge in [-0.1, -0.05) is 0 Å². The number of aromatic nitrogens is 2. The fourth-order valence-electron chi connectivity index (χ4n) is 3.61. The van der Waals surface area contributed by atoms with Crippen molar-refractivity contribution in [3.05, 3.63) is 18.0 Å². The fraction of sp³-hybridized carbons (Fsp3) is 0.667. The van der Waals surface area contributed by atoms with Crippen LogP contribution in [0.15, 0.2) is 12.3 Å². The average molecular weight is 288 g/mol. The number of H-pyrrole nitrogens is 1. The molecule has 0 bridgehead atoms. The zero-order valence-corrected chi connectivity index (χ0v) is 12.0. The first-order valence-corrected chi connectivity index (χ1v) is 7.80. The molecule has 3 aliphatic rings. The van der Waals surface area contributed by atoms with Gasteiger partial charge in [0.2, 0.25) is 5.91 Å². The molecule has 2 aliphatic heterocycles. The molecule has 6 nitrogen and oxygen atoms in total. The molecule has 1 saturated carbocycles. The van der Waals surface area contributed by atoms with Gasteiger partial charge < -0.3 is 9.80 Å². The molecule has 4 rings (SSSR count). The lowest BCUT2D eigenvalue weighted by atomic mass is 9.88. The van der Waals surface area contributed by atoms with E-state index in [2.05, 4.69) is 10.2 Å². The zero-order chi connectivity index (χ0) is 14.4. The minimum Gasteiger partial charge on any atom is -0.342 e. The summed E-state index contributed by atoms with van der Waals surface area (Å²) in [6, 6.07) is 1.69. The molecule has 21 heavy (non-hydrogen) atoms. The van der Waals surface area contributed by atoms with E-state index in [0.29, 0.717) is 24.7 Å². The van der Waals surface area contributed by atoms with Crippen LogP contribution in [0.3, 0.4) is 0 Å². The molecule has 2 saturated heterocycles. The second-order valence-electron chi connectivity index (χ2n) is 6.56. The van der Waals surface area contributed by atoms with Crippen molar-refractivity contribution in [2.24, 2.45) is 17.8 Å². The fourth-order valence-corrected chi connectivity index (χ4v) is 3.61. The number of piperidine rings is 1. The summed E-state index contributed by atoms with van der Waals surface area (Å²) in [4.78, 5) is 28.8. The van der Waals surface area contributed by atoms with Crippen LogP contribution in [-0.4, -0.2) is 58.0 Å². The molecule has 2 amide bonds. The van der Waals surface area contributed by atoms with Crippen LogP contribution in [-0.2, 0) is 4.79 Å². The number of hydrogen-bond donors (Lipinski definition) is 1. The van der Waals surface area contributed by atoms with Gasteiger partial charge in [0.25, 0.3) is 5.91 Å². The number of nitrogens with one attached hydrogen (secondary N) is 1. The molecule has 0 spiro atoms. The highest BCUT2D eigenvalue weighted by molar-refractivity contribution is 5.93. The Kier molecular flexibility index (Phi) is 2.97. The molecular formula is C15H20N4O2. The molecule has 0 radical (unpaired) electrons. The van der Waals surface area contributed by atoms with Crippen LogP contribution in [0.2, 0.25) is 0 Å². The minimum absolute atomic E-state index is 0.00405. The van der Waals surface area contributed by atoms with E-state index in [9.17, 15) is 9.59 Å². The maximum atomic E-state index is 12.6. The molecule has 2 atom stereocenters. The highest BCUT2D eigenvalue weighted by atomic mass is 16.2. The summed E-state index contributed by atoms with van der Waals surface area (Å²) >= 11 is 0. The number of carbonyl (C=O) groups excluding carboxylic acids is 2. The third kappa shape index (κ3) is 2.32. The molecule has 112 valence electrons.